The molecule has 1 atom stereocenters. The van der Waals surface area contributed by atoms with Crippen molar-refractivity contribution < 1.29 is 18.5 Å². The molecule has 26 heavy (non-hydrogen) atoms. The first-order valence-electron chi connectivity index (χ1n) is 8.22. The maximum Gasteiger partial charge on any atom is 0.248 e. The molecule has 1 aliphatic rings. The Labute approximate surface area is 155 Å². The van der Waals surface area contributed by atoms with Gasteiger partial charge in [0, 0.05) is 23.6 Å². The van der Waals surface area contributed by atoms with E-state index in [1.165, 1.54) is 23.1 Å². The van der Waals surface area contributed by atoms with Crippen LogP contribution in [0.3, 0.4) is 0 Å². The van der Waals surface area contributed by atoms with E-state index in [2.05, 4.69) is 10.5 Å². The molecule has 1 saturated heterocycles. The fourth-order valence-corrected chi connectivity index (χ4v) is 2.96. The molecule has 2 heterocycles. The molecule has 2 aromatic rings. The van der Waals surface area contributed by atoms with Crippen LogP contribution in [-0.2, 0) is 15.0 Å². The highest BCUT2D eigenvalue weighted by atomic mass is 35.5. The third kappa shape index (κ3) is 3.58. The molecule has 1 aromatic heterocycles. The molecule has 0 aliphatic carbocycles. The Kier molecular flexibility index (Phi) is 4.75. The summed E-state index contributed by atoms with van der Waals surface area (Å²) >= 11 is 5.81. The summed E-state index contributed by atoms with van der Waals surface area (Å²) in [5.74, 6) is -0.261. The van der Waals surface area contributed by atoms with Crippen LogP contribution in [0.4, 0.5) is 15.9 Å². The van der Waals surface area contributed by atoms with Crippen LogP contribution in [0, 0.1) is 5.82 Å². The molecule has 0 spiro atoms. The largest absolute Gasteiger partial charge is 0.359 e. The number of nitrogens with one attached hydrogen (secondary N) is 1. The summed E-state index contributed by atoms with van der Waals surface area (Å²) in [6.45, 7) is 5.90. The second-order valence-corrected chi connectivity index (χ2v) is 7.64. The van der Waals surface area contributed by atoms with E-state index in [9.17, 15) is 14.0 Å². The Hall–Kier alpha value is -2.41. The number of carbonyl (C=O) groups is 2. The molecule has 0 saturated carbocycles. The van der Waals surface area contributed by atoms with Gasteiger partial charge in [-0.2, -0.15) is 0 Å². The molecule has 6 nitrogen and oxygen atoms in total. The number of hydrogen-bond acceptors (Lipinski definition) is 4. The zero-order valence-electron chi connectivity index (χ0n) is 14.7. The van der Waals surface area contributed by atoms with Gasteiger partial charge < -0.3 is 9.84 Å². The predicted octanol–water partition coefficient (Wildman–Crippen LogP) is 3.90. The summed E-state index contributed by atoms with van der Waals surface area (Å²) in [5, 5.41) is 6.43. The van der Waals surface area contributed by atoms with Crippen molar-refractivity contribution in [1.82, 2.24) is 5.16 Å². The molecule has 1 fully saturated rings. The van der Waals surface area contributed by atoms with Crippen LogP contribution in [0.25, 0.3) is 0 Å². The minimum absolute atomic E-state index is 0.104. The lowest BCUT2D eigenvalue weighted by Gasteiger charge is -2.24. The van der Waals surface area contributed by atoms with Gasteiger partial charge in [0.2, 0.25) is 11.8 Å². The van der Waals surface area contributed by atoms with Crippen LogP contribution < -0.4 is 10.2 Å². The lowest BCUT2D eigenvalue weighted by molar-refractivity contribution is -0.120. The zero-order chi connectivity index (χ0) is 19.1. The number of halogens is 2. The van der Waals surface area contributed by atoms with Gasteiger partial charge in [-0.15, -0.1) is 0 Å². The van der Waals surface area contributed by atoms with E-state index >= 15 is 0 Å². The van der Waals surface area contributed by atoms with Crippen molar-refractivity contribution in [2.45, 2.75) is 45.1 Å². The fourth-order valence-electron chi connectivity index (χ4n) is 2.79. The lowest BCUT2D eigenvalue weighted by Crippen LogP contribution is -2.41. The number of carbonyl (C=O) groups excluding carboxylic acids is 2. The van der Waals surface area contributed by atoms with Crippen LogP contribution in [0.5, 0.6) is 0 Å². The number of amides is 2. The molecule has 0 bridgehead atoms. The minimum atomic E-state index is -0.723. The number of rotatable bonds is 3. The van der Waals surface area contributed by atoms with E-state index in [0.29, 0.717) is 17.9 Å². The Balaban J connectivity index is 1.80. The minimum Gasteiger partial charge on any atom is -0.359 e. The Morgan fingerprint density at radius 1 is 1.38 bits per heavy atom. The van der Waals surface area contributed by atoms with Crippen molar-refractivity contribution in [3.05, 3.63) is 40.9 Å². The summed E-state index contributed by atoms with van der Waals surface area (Å²) in [7, 11) is 0. The maximum atomic E-state index is 13.4. The van der Waals surface area contributed by atoms with E-state index in [4.69, 9.17) is 16.1 Å². The van der Waals surface area contributed by atoms with Crippen molar-refractivity contribution in [2.75, 3.05) is 10.2 Å². The number of anilines is 2. The predicted molar refractivity (Wildman–Crippen MR) is 95.8 cm³/mol. The molecule has 138 valence electrons. The quantitative estimate of drug-likeness (QED) is 0.877. The summed E-state index contributed by atoms with van der Waals surface area (Å²) < 4.78 is 18.6. The van der Waals surface area contributed by atoms with Gasteiger partial charge in [-0.25, -0.2) is 4.39 Å². The van der Waals surface area contributed by atoms with Crippen molar-refractivity contribution in [2.24, 2.45) is 0 Å². The lowest BCUT2D eigenvalue weighted by atomic mass is 9.93. The Bertz CT molecular complexity index is 860. The second kappa shape index (κ2) is 6.72. The molecule has 1 unspecified atom stereocenters. The molecule has 1 N–H and O–H groups in total. The first kappa shape index (κ1) is 18.4. The van der Waals surface area contributed by atoms with Gasteiger partial charge in [-0.05, 0) is 24.6 Å². The highest BCUT2D eigenvalue weighted by Crippen LogP contribution is 2.31. The first-order valence-corrected chi connectivity index (χ1v) is 8.60. The zero-order valence-corrected chi connectivity index (χ0v) is 15.4. The van der Waals surface area contributed by atoms with E-state index < -0.39 is 11.9 Å². The van der Waals surface area contributed by atoms with Crippen LogP contribution >= 0.6 is 11.6 Å². The summed E-state index contributed by atoms with van der Waals surface area (Å²) in [4.78, 5) is 26.2. The third-order valence-electron chi connectivity index (χ3n) is 4.20. The summed E-state index contributed by atoms with van der Waals surface area (Å²) in [6.07, 6.45) is 0.572. The first-order chi connectivity index (χ1) is 12.2. The Morgan fingerprint density at radius 2 is 2.12 bits per heavy atom. The van der Waals surface area contributed by atoms with Gasteiger partial charge in [-0.3, -0.25) is 14.5 Å². The van der Waals surface area contributed by atoms with Crippen molar-refractivity contribution >= 4 is 34.9 Å². The standard InChI is InChI=1S/C18H19ClFN3O3/c1-18(2,3)14-9-15(22-26-14)21-17(25)13-6-7-16(24)23(13)10-4-5-12(20)11(19)8-10/h4-5,8-9,13H,6-7H2,1-3H3,(H,21,22,25). The average Bonchev–Trinajstić information content (AvgIpc) is 3.16. The molecule has 2 amide bonds. The number of benzene rings is 1. The number of aromatic nitrogens is 1. The summed E-state index contributed by atoms with van der Waals surface area (Å²) in [5.41, 5.74) is 0.144. The molecule has 0 radical (unpaired) electrons. The average molecular weight is 380 g/mol. The number of hydrogen-bond donors (Lipinski definition) is 1. The van der Waals surface area contributed by atoms with Gasteiger partial charge in [0.15, 0.2) is 5.82 Å². The van der Waals surface area contributed by atoms with Crippen molar-refractivity contribution in [1.29, 1.82) is 0 Å². The number of nitrogens with zero attached hydrogens (tertiary/aromatic N) is 2. The van der Waals surface area contributed by atoms with Crippen molar-refractivity contribution in [3.63, 3.8) is 0 Å². The van der Waals surface area contributed by atoms with Crippen LogP contribution in [-0.4, -0.2) is 23.0 Å². The topological polar surface area (TPSA) is 75.4 Å². The maximum absolute atomic E-state index is 13.4. The molecule has 3 rings (SSSR count). The SMILES string of the molecule is CC(C)(C)c1cc(NC(=O)C2CCC(=O)N2c2ccc(F)c(Cl)c2)no1. The molecule has 8 heteroatoms. The van der Waals surface area contributed by atoms with Crippen LogP contribution in [0.1, 0.15) is 39.4 Å². The van der Waals surface area contributed by atoms with E-state index in [1.807, 2.05) is 20.8 Å². The summed E-state index contributed by atoms with van der Waals surface area (Å²) in [6, 6.07) is 4.88. The molecular weight excluding hydrogens is 361 g/mol. The highest BCUT2D eigenvalue weighted by molar-refractivity contribution is 6.31. The van der Waals surface area contributed by atoms with E-state index in [-0.39, 0.29) is 34.5 Å². The molecule has 1 aliphatic heterocycles. The fraction of sp³-hybridized carbons (Fsp3) is 0.389. The van der Waals surface area contributed by atoms with E-state index in [1.54, 1.807) is 6.07 Å². The van der Waals surface area contributed by atoms with Crippen LogP contribution in [0.15, 0.2) is 28.8 Å². The highest BCUT2D eigenvalue weighted by Gasteiger charge is 2.37. The van der Waals surface area contributed by atoms with Gasteiger partial charge in [0.25, 0.3) is 0 Å². The monoisotopic (exact) mass is 379 g/mol. The Morgan fingerprint density at radius 3 is 2.73 bits per heavy atom. The third-order valence-corrected chi connectivity index (χ3v) is 4.49. The van der Waals surface area contributed by atoms with Crippen molar-refractivity contribution in [3.8, 4) is 0 Å². The van der Waals surface area contributed by atoms with Crippen LogP contribution in [0.2, 0.25) is 5.02 Å². The van der Waals surface area contributed by atoms with Gasteiger partial charge in [0.05, 0.1) is 5.02 Å². The molecular formula is C18H19ClFN3O3. The molecule has 1 aromatic carbocycles. The second-order valence-electron chi connectivity index (χ2n) is 7.23. The normalized spacial score (nSPS) is 17.7. The van der Waals surface area contributed by atoms with E-state index in [0.717, 1.165) is 0 Å². The smallest absolute Gasteiger partial charge is 0.248 e. The van der Waals surface area contributed by atoms with Gasteiger partial charge in [0.1, 0.15) is 17.6 Å². The van der Waals surface area contributed by atoms with Gasteiger partial charge in [-0.1, -0.05) is 37.5 Å². The van der Waals surface area contributed by atoms with Gasteiger partial charge >= 0.3 is 0 Å².